The van der Waals surface area contributed by atoms with Crippen LogP contribution in [0.25, 0.3) is 0 Å². The van der Waals surface area contributed by atoms with Crippen LogP contribution in [0.4, 0.5) is 0 Å². The standard InChI is InChI=1S/C13H17NO2/c1-10-2-5-14-12(8-10)13(15)9-11-3-6-16-7-4-11/h2,5,8,11H,3-4,6-7,9H2,1H3. The van der Waals surface area contributed by atoms with Gasteiger partial charge < -0.3 is 4.74 Å². The molecule has 0 aliphatic carbocycles. The number of ketones is 1. The zero-order valence-corrected chi connectivity index (χ0v) is 9.61. The van der Waals surface area contributed by atoms with Gasteiger partial charge in [0, 0.05) is 25.8 Å². The van der Waals surface area contributed by atoms with E-state index in [0.29, 0.717) is 18.0 Å². The Labute approximate surface area is 95.8 Å². The maximum absolute atomic E-state index is 12.0. The fourth-order valence-electron chi connectivity index (χ4n) is 2.01. The molecule has 0 atom stereocenters. The molecule has 16 heavy (non-hydrogen) atoms. The van der Waals surface area contributed by atoms with E-state index in [-0.39, 0.29) is 5.78 Å². The number of hydrogen-bond acceptors (Lipinski definition) is 3. The zero-order valence-electron chi connectivity index (χ0n) is 9.61. The summed E-state index contributed by atoms with van der Waals surface area (Å²) in [5.74, 6) is 0.638. The molecule has 0 unspecified atom stereocenters. The van der Waals surface area contributed by atoms with Crippen molar-refractivity contribution in [1.29, 1.82) is 0 Å². The summed E-state index contributed by atoms with van der Waals surface area (Å²) in [4.78, 5) is 16.1. The Kier molecular flexibility index (Phi) is 3.67. The molecule has 0 amide bonds. The molecule has 0 radical (unpaired) electrons. The molecule has 1 aliphatic heterocycles. The number of carbonyl (C=O) groups excluding carboxylic acids is 1. The average Bonchev–Trinajstić information content (AvgIpc) is 2.30. The maximum Gasteiger partial charge on any atom is 0.181 e. The van der Waals surface area contributed by atoms with Crippen LogP contribution in [-0.2, 0) is 4.74 Å². The molecule has 0 N–H and O–H groups in total. The lowest BCUT2D eigenvalue weighted by atomic mass is 9.93. The van der Waals surface area contributed by atoms with Crippen LogP contribution in [0.2, 0.25) is 0 Å². The predicted octanol–water partition coefficient (Wildman–Crippen LogP) is 2.39. The monoisotopic (exact) mass is 219 g/mol. The molecule has 3 nitrogen and oxygen atoms in total. The molecule has 1 saturated heterocycles. The quantitative estimate of drug-likeness (QED) is 0.733. The third kappa shape index (κ3) is 2.89. The molecule has 1 aromatic heterocycles. The van der Waals surface area contributed by atoms with Crippen LogP contribution in [0.1, 0.15) is 35.3 Å². The average molecular weight is 219 g/mol. The summed E-state index contributed by atoms with van der Waals surface area (Å²) in [7, 11) is 0. The SMILES string of the molecule is Cc1ccnc(C(=O)CC2CCOCC2)c1. The number of carbonyl (C=O) groups is 1. The van der Waals surface area contributed by atoms with Crippen molar-refractivity contribution in [2.24, 2.45) is 5.92 Å². The van der Waals surface area contributed by atoms with Crippen molar-refractivity contribution in [1.82, 2.24) is 4.98 Å². The van der Waals surface area contributed by atoms with E-state index in [2.05, 4.69) is 4.98 Å². The predicted molar refractivity (Wildman–Crippen MR) is 61.5 cm³/mol. The van der Waals surface area contributed by atoms with Crippen molar-refractivity contribution in [2.75, 3.05) is 13.2 Å². The molecule has 0 aromatic carbocycles. The number of aromatic nitrogens is 1. The van der Waals surface area contributed by atoms with E-state index in [9.17, 15) is 4.79 Å². The van der Waals surface area contributed by atoms with Gasteiger partial charge >= 0.3 is 0 Å². The lowest BCUT2D eigenvalue weighted by molar-refractivity contribution is 0.0599. The summed E-state index contributed by atoms with van der Waals surface area (Å²) in [5.41, 5.74) is 1.69. The fourth-order valence-corrected chi connectivity index (χ4v) is 2.01. The van der Waals surface area contributed by atoms with Crippen LogP contribution in [0, 0.1) is 12.8 Å². The van der Waals surface area contributed by atoms with Gasteiger partial charge in [-0.25, -0.2) is 0 Å². The molecule has 0 bridgehead atoms. The number of aryl methyl sites for hydroxylation is 1. The van der Waals surface area contributed by atoms with E-state index < -0.39 is 0 Å². The number of hydrogen-bond donors (Lipinski definition) is 0. The first-order valence-corrected chi connectivity index (χ1v) is 5.79. The number of nitrogens with zero attached hydrogens (tertiary/aromatic N) is 1. The first-order chi connectivity index (χ1) is 7.75. The Morgan fingerprint density at radius 1 is 1.50 bits per heavy atom. The van der Waals surface area contributed by atoms with Crippen molar-refractivity contribution in [3.63, 3.8) is 0 Å². The van der Waals surface area contributed by atoms with E-state index >= 15 is 0 Å². The number of ether oxygens (including phenoxy) is 1. The molecule has 1 aromatic rings. The first kappa shape index (κ1) is 11.3. The smallest absolute Gasteiger partial charge is 0.181 e. The van der Waals surface area contributed by atoms with Gasteiger partial charge in [0.25, 0.3) is 0 Å². The van der Waals surface area contributed by atoms with Crippen LogP contribution >= 0.6 is 0 Å². The summed E-state index contributed by atoms with van der Waals surface area (Å²) in [6.45, 7) is 3.56. The van der Waals surface area contributed by atoms with Crippen molar-refractivity contribution in [3.8, 4) is 0 Å². The van der Waals surface area contributed by atoms with Crippen LogP contribution in [0.15, 0.2) is 18.3 Å². The number of Topliss-reactive ketones (excluding diaryl/α,β-unsaturated/α-hetero) is 1. The Morgan fingerprint density at radius 2 is 2.25 bits per heavy atom. The van der Waals surface area contributed by atoms with Crippen LogP contribution in [0.5, 0.6) is 0 Å². The van der Waals surface area contributed by atoms with Gasteiger partial charge in [0.2, 0.25) is 0 Å². The van der Waals surface area contributed by atoms with Gasteiger partial charge in [-0.15, -0.1) is 0 Å². The van der Waals surface area contributed by atoms with Crippen molar-refractivity contribution < 1.29 is 9.53 Å². The van der Waals surface area contributed by atoms with Crippen LogP contribution in [0.3, 0.4) is 0 Å². The summed E-state index contributed by atoms with van der Waals surface area (Å²) < 4.78 is 5.28. The van der Waals surface area contributed by atoms with E-state index in [0.717, 1.165) is 31.6 Å². The lowest BCUT2D eigenvalue weighted by Gasteiger charge is -2.20. The van der Waals surface area contributed by atoms with Crippen molar-refractivity contribution in [3.05, 3.63) is 29.6 Å². The topological polar surface area (TPSA) is 39.2 Å². The highest BCUT2D eigenvalue weighted by molar-refractivity contribution is 5.94. The Bertz CT molecular complexity index is 370. The normalized spacial score (nSPS) is 17.3. The largest absolute Gasteiger partial charge is 0.381 e. The Balaban J connectivity index is 1.97. The van der Waals surface area contributed by atoms with E-state index in [4.69, 9.17) is 4.74 Å². The third-order valence-electron chi connectivity index (χ3n) is 3.02. The summed E-state index contributed by atoms with van der Waals surface area (Å²) >= 11 is 0. The molecule has 1 fully saturated rings. The van der Waals surface area contributed by atoms with Gasteiger partial charge in [-0.3, -0.25) is 9.78 Å². The van der Waals surface area contributed by atoms with Gasteiger partial charge in [-0.05, 0) is 43.4 Å². The second-order valence-corrected chi connectivity index (χ2v) is 4.40. The van der Waals surface area contributed by atoms with E-state index in [1.54, 1.807) is 6.20 Å². The zero-order chi connectivity index (χ0) is 11.4. The Hall–Kier alpha value is -1.22. The highest BCUT2D eigenvalue weighted by atomic mass is 16.5. The highest BCUT2D eigenvalue weighted by Gasteiger charge is 2.18. The molecule has 2 heterocycles. The molecule has 2 rings (SSSR count). The minimum atomic E-state index is 0.163. The number of rotatable bonds is 3. The Morgan fingerprint density at radius 3 is 2.94 bits per heavy atom. The molecule has 3 heteroatoms. The van der Waals surface area contributed by atoms with E-state index in [1.165, 1.54) is 0 Å². The molecule has 0 spiro atoms. The van der Waals surface area contributed by atoms with Gasteiger partial charge in [0.05, 0.1) is 0 Å². The van der Waals surface area contributed by atoms with Crippen LogP contribution in [-0.4, -0.2) is 24.0 Å². The highest BCUT2D eigenvalue weighted by Crippen LogP contribution is 2.20. The molecule has 86 valence electrons. The summed E-state index contributed by atoms with van der Waals surface area (Å²) in [6.07, 6.45) is 4.31. The second-order valence-electron chi connectivity index (χ2n) is 4.40. The maximum atomic E-state index is 12.0. The summed E-state index contributed by atoms with van der Waals surface area (Å²) in [5, 5.41) is 0. The lowest BCUT2D eigenvalue weighted by Crippen LogP contribution is -2.19. The van der Waals surface area contributed by atoms with E-state index in [1.807, 2.05) is 19.1 Å². The second kappa shape index (κ2) is 5.21. The van der Waals surface area contributed by atoms with Crippen molar-refractivity contribution in [2.45, 2.75) is 26.2 Å². The minimum Gasteiger partial charge on any atom is -0.381 e. The molecule has 1 aliphatic rings. The number of pyridine rings is 1. The minimum absolute atomic E-state index is 0.163. The third-order valence-corrected chi connectivity index (χ3v) is 3.02. The molecular weight excluding hydrogens is 202 g/mol. The van der Waals surface area contributed by atoms with Gasteiger partial charge in [-0.1, -0.05) is 0 Å². The van der Waals surface area contributed by atoms with Crippen molar-refractivity contribution >= 4 is 5.78 Å². The van der Waals surface area contributed by atoms with Gasteiger partial charge in [-0.2, -0.15) is 0 Å². The van der Waals surface area contributed by atoms with Gasteiger partial charge in [0.1, 0.15) is 5.69 Å². The molecular formula is C13H17NO2. The van der Waals surface area contributed by atoms with Gasteiger partial charge in [0.15, 0.2) is 5.78 Å². The fraction of sp³-hybridized carbons (Fsp3) is 0.538. The first-order valence-electron chi connectivity index (χ1n) is 5.79. The van der Waals surface area contributed by atoms with Crippen LogP contribution < -0.4 is 0 Å². The molecule has 0 saturated carbocycles. The summed E-state index contributed by atoms with van der Waals surface area (Å²) in [6, 6.07) is 3.77.